The minimum absolute atomic E-state index is 0.168. The van der Waals surface area contributed by atoms with Crippen molar-refractivity contribution in [2.45, 2.75) is 38.9 Å². The lowest BCUT2D eigenvalue weighted by Crippen LogP contribution is -2.30. The highest BCUT2D eigenvalue weighted by atomic mass is 35.5. The molecule has 24 heavy (non-hydrogen) atoms. The zero-order valence-corrected chi connectivity index (χ0v) is 15.3. The number of nitrogens with two attached hydrogens (primary N) is 1. The summed E-state index contributed by atoms with van der Waals surface area (Å²) >= 11 is 6.20. The fourth-order valence-corrected chi connectivity index (χ4v) is 3.34. The second kappa shape index (κ2) is 8.67. The fraction of sp³-hybridized carbons (Fsp3) is 0.588. The molecule has 0 saturated carbocycles. The van der Waals surface area contributed by atoms with Crippen LogP contribution < -0.4 is 21.3 Å². The maximum atomic E-state index is 10.8. The van der Waals surface area contributed by atoms with Gasteiger partial charge in [-0.15, -0.1) is 0 Å². The van der Waals surface area contributed by atoms with Gasteiger partial charge < -0.3 is 15.4 Å². The highest BCUT2D eigenvalue weighted by molar-refractivity contribution is 6.32. The number of rotatable bonds is 8. The van der Waals surface area contributed by atoms with Crippen LogP contribution in [0.2, 0.25) is 5.02 Å². The summed E-state index contributed by atoms with van der Waals surface area (Å²) in [6.45, 7) is 6.09. The Kier molecular flexibility index (Phi) is 6.86. The fourth-order valence-electron chi connectivity index (χ4n) is 3.08. The van der Waals surface area contributed by atoms with Gasteiger partial charge in [-0.2, -0.15) is 0 Å². The number of nitrogens with zero attached hydrogens (tertiary/aromatic N) is 1. The Morgan fingerprint density at radius 1 is 1.33 bits per heavy atom. The van der Waals surface area contributed by atoms with Gasteiger partial charge in [-0.1, -0.05) is 17.7 Å². The Balaban J connectivity index is 1.84. The van der Waals surface area contributed by atoms with Gasteiger partial charge in [-0.05, 0) is 57.5 Å². The van der Waals surface area contributed by atoms with E-state index in [0.717, 1.165) is 25.1 Å². The van der Waals surface area contributed by atoms with Crippen LogP contribution in [0.4, 0.5) is 0 Å². The predicted molar refractivity (Wildman–Crippen MR) is 95.8 cm³/mol. The molecule has 134 valence electrons. The van der Waals surface area contributed by atoms with Crippen LogP contribution in [0.15, 0.2) is 18.2 Å². The Labute approximate surface area is 148 Å². The number of halogens is 1. The molecule has 2 unspecified atom stereocenters. The first kappa shape index (κ1) is 19.0. The lowest BCUT2D eigenvalue weighted by molar-refractivity contribution is -0.119. The number of carbonyl (C=O) groups is 1. The topological polar surface area (TPSA) is 79.6 Å². The third-order valence-corrected chi connectivity index (χ3v) is 4.78. The molecule has 1 aliphatic rings. The summed E-state index contributed by atoms with van der Waals surface area (Å²) in [4.78, 5) is 13.0. The molecule has 1 heterocycles. The molecular formula is C17H27ClN4O2. The molecule has 1 amide bonds. The molecule has 1 saturated heterocycles. The van der Waals surface area contributed by atoms with E-state index in [4.69, 9.17) is 22.1 Å². The molecule has 1 aromatic rings. The van der Waals surface area contributed by atoms with Crippen molar-refractivity contribution in [2.75, 3.05) is 20.2 Å². The van der Waals surface area contributed by atoms with Crippen LogP contribution in [0.25, 0.3) is 0 Å². The molecule has 4 N–H and O–H groups in total. The molecular weight excluding hydrogens is 328 g/mol. The Bertz CT molecular complexity index is 560. The molecule has 1 aromatic carbocycles. The first-order valence-electron chi connectivity index (χ1n) is 8.26. The van der Waals surface area contributed by atoms with Gasteiger partial charge in [0.05, 0.1) is 5.02 Å². The minimum atomic E-state index is -0.519. The van der Waals surface area contributed by atoms with Crippen LogP contribution in [0, 0.1) is 5.92 Å². The predicted octanol–water partition coefficient (Wildman–Crippen LogP) is 1.53. The zero-order chi connectivity index (χ0) is 17.7. The SMILES string of the molecule is CC1NNC(C)C1CCN(C)Cc1ccc(OCC(N)=O)c(Cl)c1. The van der Waals surface area contributed by atoms with Crippen molar-refractivity contribution >= 4 is 17.5 Å². The molecule has 2 atom stereocenters. The summed E-state index contributed by atoms with van der Waals surface area (Å²) in [7, 11) is 2.11. The van der Waals surface area contributed by atoms with E-state index in [-0.39, 0.29) is 6.61 Å². The quantitative estimate of drug-likeness (QED) is 0.659. The Morgan fingerprint density at radius 3 is 2.58 bits per heavy atom. The lowest BCUT2D eigenvalue weighted by Gasteiger charge is -2.23. The van der Waals surface area contributed by atoms with Crippen molar-refractivity contribution in [1.29, 1.82) is 0 Å². The minimum Gasteiger partial charge on any atom is -0.482 e. The van der Waals surface area contributed by atoms with Crippen molar-refractivity contribution in [3.8, 4) is 5.75 Å². The third kappa shape index (κ3) is 5.34. The second-order valence-corrected chi connectivity index (χ2v) is 6.98. The number of hydrazine groups is 1. The largest absolute Gasteiger partial charge is 0.482 e. The maximum Gasteiger partial charge on any atom is 0.255 e. The number of carbonyl (C=O) groups excluding carboxylic acids is 1. The number of primary amides is 1. The van der Waals surface area contributed by atoms with E-state index in [9.17, 15) is 4.79 Å². The van der Waals surface area contributed by atoms with Gasteiger partial charge in [0.1, 0.15) is 5.75 Å². The summed E-state index contributed by atoms with van der Waals surface area (Å²) in [5, 5.41) is 0.494. The van der Waals surface area contributed by atoms with Gasteiger partial charge in [-0.25, -0.2) is 0 Å². The van der Waals surface area contributed by atoms with Crippen molar-refractivity contribution < 1.29 is 9.53 Å². The molecule has 0 radical (unpaired) electrons. The number of amides is 1. The molecule has 2 rings (SSSR count). The van der Waals surface area contributed by atoms with E-state index >= 15 is 0 Å². The van der Waals surface area contributed by atoms with Crippen LogP contribution in [0.3, 0.4) is 0 Å². The number of hydrogen-bond acceptors (Lipinski definition) is 5. The molecule has 6 nitrogen and oxygen atoms in total. The van der Waals surface area contributed by atoms with Crippen molar-refractivity contribution in [3.05, 3.63) is 28.8 Å². The number of ether oxygens (including phenoxy) is 1. The van der Waals surface area contributed by atoms with E-state index in [1.54, 1.807) is 6.07 Å². The van der Waals surface area contributed by atoms with Crippen molar-refractivity contribution in [2.24, 2.45) is 11.7 Å². The molecule has 0 aromatic heterocycles. The standard InChI is InChI=1S/C17H27ClN4O2/c1-11-14(12(2)21-20-11)6-7-22(3)9-13-4-5-16(15(18)8-13)24-10-17(19)23/h4-5,8,11-12,14,20-21H,6-7,9-10H2,1-3H3,(H2,19,23). The smallest absolute Gasteiger partial charge is 0.255 e. The zero-order valence-electron chi connectivity index (χ0n) is 14.5. The highest BCUT2D eigenvalue weighted by Gasteiger charge is 2.29. The van der Waals surface area contributed by atoms with Crippen molar-refractivity contribution in [1.82, 2.24) is 15.8 Å². The van der Waals surface area contributed by atoms with Gasteiger partial charge in [0.15, 0.2) is 6.61 Å². The van der Waals surface area contributed by atoms with Crippen LogP contribution in [-0.2, 0) is 11.3 Å². The number of nitrogens with one attached hydrogen (secondary N) is 2. The summed E-state index contributed by atoms with van der Waals surface area (Å²) in [6, 6.07) is 6.60. The van der Waals surface area contributed by atoms with Crippen molar-refractivity contribution in [3.63, 3.8) is 0 Å². The van der Waals surface area contributed by atoms with Gasteiger partial charge in [0.25, 0.3) is 5.91 Å². The number of benzene rings is 1. The van der Waals surface area contributed by atoms with E-state index in [0.29, 0.717) is 28.8 Å². The van der Waals surface area contributed by atoms with Gasteiger partial charge in [0.2, 0.25) is 0 Å². The van der Waals surface area contributed by atoms with E-state index < -0.39 is 5.91 Å². The molecule has 0 aliphatic carbocycles. The molecule has 7 heteroatoms. The highest BCUT2D eigenvalue weighted by Crippen LogP contribution is 2.26. The van der Waals surface area contributed by atoms with Crippen LogP contribution in [0.5, 0.6) is 5.75 Å². The molecule has 1 aliphatic heterocycles. The summed E-state index contributed by atoms with van der Waals surface area (Å²) in [5.41, 5.74) is 12.8. The molecule has 0 bridgehead atoms. The molecule has 0 spiro atoms. The van der Waals surface area contributed by atoms with Gasteiger partial charge in [-0.3, -0.25) is 15.6 Å². The monoisotopic (exact) mass is 354 g/mol. The first-order chi connectivity index (χ1) is 11.4. The average Bonchev–Trinajstić information content (AvgIpc) is 2.83. The van der Waals surface area contributed by atoms with Crippen LogP contribution in [-0.4, -0.2) is 43.1 Å². The van der Waals surface area contributed by atoms with Gasteiger partial charge in [0, 0.05) is 18.6 Å². The van der Waals surface area contributed by atoms with E-state index in [2.05, 4.69) is 36.6 Å². The number of hydrogen-bond donors (Lipinski definition) is 3. The summed E-state index contributed by atoms with van der Waals surface area (Å²) < 4.78 is 5.26. The van der Waals surface area contributed by atoms with E-state index in [1.807, 2.05) is 12.1 Å². The summed E-state index contributed by atoms with van der Waals surface area (Å²) in [6.07, 6.45) is 1.13. The Morgan fingerprint density at radius 2 is 2.00 bits per heavy atom. The van der Waals surface area contributed by atoms with Crippen LogP contribution in [0.1, 0.15) is 25.8 Å². The molecule has 1 fully saturated rings. The van der Waals surface area contributed by atoms with Crippen LogP contribution >= 0.6 is 11.6 Å². The van der Waals surface area contributed by atoms with Gasteiger partial charge >= 0.3 is 0 Å². The Hall–Kier alpha value is -1.34. The average molecular weight is 355 g/mol. The maximum absolute atomic E-state index is 10.8. The summed E-state index contributed by atoms with van der Waals surface area (Å²) in [5.74, 6) is 0.586. The van der Waals surface area contributed by atoms with E-state index in [1.165, 1.54) is 0 Å². The third-order valence-electron chi connectivity index (χ3n) is 4.49. The normalized spacial score (nSPS) is 23.6. The second-order valence-electron chi connectivity index (χ2n) is 6.58. The lowest BCUT2D eigenvalue weighted by atomic mass is 9.93. The first-order valence-corrected chi connectivity index (χ1v) is 8.63.